The van der Waals surface area contributed by atoms with E-state index in [1.54, 1.807) is 11.9 Å². The summed E-state index contributed by atoms with van der Waals surface area (Å²) >= 11 is 5.94. The van der Waals surface area contributed by atoms with Gasteiger partial charge in [-0.1, -0.05) is 23.7 Å². The zero-order valence-corrected chi connectivity index (χ0v) is 12.5. The first-order valence-electron chi connectivity index (χ1n) is 6.93. The highest BCUT2D eigenvalue weighted by atomic mass is 35.5. The fourth-order valence-corrected chi connectivity index (χ4v) is 2.81. The van der Waals surface area contributed by atoms with Crippen LogP contribution in [-0.2, 0) is 11.3 Å². The zero-order valence-electron chi connectivity index (χ0n) is 11.8. The van der Waals surface area contributed by atoms with E-state index < -0.39 is 0 Å². The Morgan fingerprint density at radius 3 is 3.05 bits per heavy atom. The van der Waals surface area contributed by atoms with Gasteiger partial charge in [-0.15, -0.1) is 0 Å². The Morgan fingerprint density at radius 1 is 1.55 bits per heavy atom. The number of benzene rings is 1. The normalized spacial score (nSPS) is 19.2. The quantitative estimate of drug-likeness (QED) is 0.900. The molecule has 4 nitrogen and oxygen atoms in total. The van der Waals surface area contributed by atoms with Crippen LogP contribution in [-0.4, -0.2) is 53.6 Å². The van der Waals surface area contributed by atoms with E-state index in [2.05, 4.69) is 4.90 Å². The Kier molecular flexibility index (Phi) is 5.40. The Morgan fingerprint density at radius 2 is 2.35 bits per heavy atom. The Labute approximate surface area is 124 Å². The van der Waals surface area contributed by atoms with Crippen molar-refractivity contribution in [3.8, 4) is 0 Å². The van der Waals surface area contributed by atoms with E-state index in [0.717, 1.165) is 24.9 Å². The first-order chi connectivity index (χ1) is 9.60. The molecule has 0 aliphatic carbocycles. The average molecular weight is 297 g/mol. The van der Waals surface area contributed by atoms with Crippen LogP contribution in [0.3, 0.4) is 0 Å². The Hall–Kier alpha value is -1.10. The summed E-state index contributed by atoms with van der Waals surface area (Å²) < 4.78 is 0. The fraction of sp³-hybridized carbons (Fsp3) is 0.533. The number of likely N-dealkylation sites (tertiary alicyclic amines) is 1. The van der Waals surface area contributed by atoms with E-state index in [0.29, 0.717) is 18.1 Å². The van der Waals surface area contributed by atoms with Crippen LogP contribution < -0.4 is 0 Å². The summed E-state index contributed by atoms with van der Waals surface area (Å²) in [6, 6.07) is 7.68. The van der Waals surface area contributed by atoms with Gasteiger partial charge in [0, 0.05) is 24.7 Å². The van der Waals surface area contributed by atoms with E-state index in [1.165, 1.54) is 0 Å². The molecule has 1 fully saturated rings. The molecule has 0 spiro atoms. The first kappa shape index (κ1) is 15.3. The summed E-state index contributed by atoms with van der Waals surface area (Å²) in [6.45, 7) is 1.95. The minimum atomic E-state index is 0.0744. The van der Waals surface area contributed by atoms with Crippen molar-refractivity contribution in [2.45, 2.75) is 25.4 Å². The minimum absolute atomic E-state index is 0.0744. The van der Waals surface area contributed by atoms with Gasteiger partial charge in [-0.05, 0) is 37.1 Å². The maximum absolute atomic E-state index is 12.2. The van der Waals surface area contributed by atoms with Crippen molar-refractivity contribution in [2.24, 2.45) is 0 Å². The number of carbonyl (C=O) groups excluding carboxylic acids is 1. The number of aliphatic hydroxyl groups is 1. The highest BCUT2D eigenvalue weighted by Gasteiger charge is 2.26. The van der Waals surface area contributed by atoms with Gasteiger partial charge < -0.3 is 10.0 Å². The van der Waals surface area contributed by atoms with Gasteiger partial charge in [0.05, 0.1) is 13.2 Å². The molecule has 0 aromatic heterocycles. The van der Waals surface area contributed by atoms with E-state index in [-0.39, 0.29) is 18.6 Å². The molecular formula is C15H21ClN2O2. The lowest BCUT2D eigenvalue weighted by atomic mass is 10.2. The van der Waals surface area contributed by atoms with E-state index >= 15 is 0 Å². The van der Waals surface area contributed by atoms with Crippen LogP contribution in [0.25, 0.3) is 0 Å². The molecule has 0 bridgehead atoms. The molecule has 110 valence electrons. The molecule has 1 heterocycles. The minimum Gasteiger partial charge on any atom is -0.395 e. The standard InChI is InChI=1S/C15H21ClN2O2/c1-17(9-12-4-2-5-13(16)8-12)15(20)10-18-7-3-6-14(18)11-19/h2,4-5,8,14,19H,3,6-7,9-11H2,1H3/t14-/m1/s1. The van der Waals surface area contributed by atoms with Crippen molar-refractivity contribution < 1.29 is 9.90 Å². The summed E-state index contributed by atoms with van der Waals surface area (Å²) in [5.74, 6) is 0.0744. The number of likely N-dealkylation sites (N-methyl/N-ethyl adjacent to an activating group) is 1. The number of aliphatic hydroxyl groups excluding tert-OH is 1. The number of amides is 1. The monoisotopic (exact) mass is 296 g/mol. The van der Waals surface area contributed by atoms with Crippen LogP contribution in [0.15, 0.2) is 24.3 Å². The molecule has 1 aromatic rings. The summed E-state index contributed by atoms with van der Waals surface area (Å²) in [4.78, 5) is 16.0. The van der Waals surface area contributed by atoms with Crippen molar-refractivity contribution >= 4 is 17.5 Å². The second-order valence-corrected chi connectivity index (χ2v) is 5.77. The van der Waals surface area contributed by atoms with E-state index in [9.17, 15) is 9.90 Å². The van der Waals surface area contributed by atoms with Gasteiger partial charge >= 0.3 is 0 Å². The molecule has 1 N–H and O–H groups in total. The molecule has 20 heavy (non-hydrogen) atoms. The number of halogens is 1. The van der Waals surface area contributed by atoms with E-state index in [4.69, 9.17) is 11.6 Å². The third-order valence-corrected chi connectivity index (χ3v) is 4.02. The van der Waals surface area contributed by atoms with Gasteiger partial charge in [0.1, 0.15) is 0 Å². The highest BCUT2D eigenvalue weighted by molar-refractivity contribution is 6.30. The number of rotatable bonds is 5. The molecular weight excluding hydrogens is 276 g/mol. The predicted octanol–water partition coefficient (Wildman–Crippen LogP) is 1.76. The number of hydrogen-bond acceptors (Lipinski definition) is 3. The molecule has 5 heteroatoms. The van der Waals surface area contributed by atoms with Crippen molar-refractivity contribution in [1.82, 2.24) is 9.80 Å². The van der Waals surface area contributed by atoms with Crippen LogP contribution in [0.1, 0.15) is 18.4 Å². The summed E-state index contributed by atoms with van der Waals surface area (Å²) in [5.41, 5.74) is 1.02. The first-order valence-corrected chi connectivity index (χ1v) is 7.31. The van der Waals surface area contributed by atoms with Crippen molar-refractivity contribution in [3.05, 3.63) is 34.9 Å². The third kappa shape index (κ3) is 3.95. The van der Waals surface area contributed by atoms with Crippen molar-refractivity contribution in [2.75, 3.05) is 26.7 Å². The maximum Gasteiger partial charge on any atom is 0.236 e. The Bertz CT molecular complexity index is 467. The van der Waals surface area contributed by atoms with Crippen LogP contribution in [0, 0.1) is 0 Å². The smallest absolute Gasteiger partial charge is 0.236 e. The molecule has 2 rings (SSSR count). The SMILES string of the molecule is CN(Cc1cccc(Cl)c1)C(=O)CN1CCC[C@@H]1CO. The van der Waals surface area contributed by atoms with Gasteiger partial charge in [-0.3, -0.25) is 9.69 Å². The van der Waals surface area contributed by atoms with Crippen LogP contribution in [0.4, 0.5) is 0 Å². The average Bonchev–Trinajstić information content (AvgIpc) is 2.85. The molecule has 1 atom stereocenters. The molecule has 1 aromatic carbocycles. The van der Waals surface area contributed by atoms with Crippen molar-refractivity contribution in [1.29, 1.82) is 0 Å². The lowest BCUT2D eigenvalue weighted by Gasteiger charge is -2.25. The second kappa shape index (κ2) is 7.07. The van der Waals surface area contributed by atoms with Gasteiger partial charge in [-0.25, -0.2) is 0 Å². The van der Waals surface area contributed by atoms with Gasteiger partial charge in [0.25, 0.3) is 0 Å². The molecule has 1 aliphatic heterocycles. The number of nitrogens with zero attached hydrogens (tertiary/aromatic N) is 2. The molecule has 1 saturated heterocycles. The van der Waals surface area contributed by atoms with Crippen LogP contribution in [0.2, 0.25) is 5.02 Å². The summed E-state index contributed by atoms with van der Waals surface area (Å²) in [7, 11) is 1.80. The van der Waals surface area contributed by atoms with Gasteiger partial charge in [0.15, 0.2) is 0 Å². The molecule has 0 unspecified atom stereocenters. The third-order valence-electron chi connectivity index (χ3n) is 3.78. The highest BCUT2D eigenvalue weighted by Crippen LogP contribution is 2.17. The largest absolute Gasteiger partial charge is 0.395 e. The van der Waals surface area contributed by atoms with Gasteiger partial charge in [-0.2, -0.15) is 0 Å². The molecule has 0 radical (unpaired) electrons. The molecule has 1 aliphatic rings. The maximum atomic E-state index is 12.2. The molecule has 1 amide bonds. The molecule has 0 saturated carbocycles. The summed E-state index contributed by atoms with van der Waals surface area (Å²) in [6.07, 6.45) is 2.03. The lowest BCUT2D eigenvalue weighted by molar-refractivity contribution is -0.132. The lowest BCUT2D eigenvalue weighted by Crippen LogP contribution is -2.41. The fourth-order valence-electron chi connectivity index (χ4n) is 2.60. The van der Waals surface area contributed by atoms with Crippen LogP contribution >= 0.6 is 11.6 Å². The zero-order chi connectivity index (χ0) is 14.5. The van der Waals surface area contributed by atoms with Crippen LogP contribution in [0.5, 0.6) is 0 Å². The Balaban J connectivity index is 1.89. The number of hydrogen-bond donors (Lipinski definition) is 1. The van der Waals surface area contributed by atoms with Crippen molar-refractivity contribution in [3.63, 3.8) is 0 Å². The van der Waals surface area contributed by atoms with E-state index in [1.807, 2.05) is 24.3 Å². The number of carbonyl (C=O) groups is 1. The summed E-state index contributed by atoms with van der Waals surface area (Å²) in [5, 5.41) is 9.96. The van der Waals surface area contributed by atoms with Gasteiger partial charge in [0.2, 0.25) is 5.91 Å². The second-order valence-electron chi connectivity index (χ2n) is 5.33. The predicted molar refractivity (Wildman–Crippen MR) is 79.6 cm³/mol. The topological polar surface area (TPSA) is 43.8 Å².